The zero-order valence-electron chi connectivity index (χ0n) is 11.2. The zero-order chi connectivity index (χ0) is 14.5. The van der Waals surface area contributed by atoms with E-state index in [1.165, 1.54) is 0 Å². The summed E-state index contributed by atoms with van der Waals surface area (Å²) in [6, 6.07) is 7.48. The molecule has 0 bridgehead atoms. The molecule has 1 aromatic rings. The molecule has 0 fully saturated rings. The maximum absolute atomic E-state index is 12.0. The van der Waals surface area contributed by atoms with Crippen molar-refractivity contribution < 1.29 is 14.7 Å². The Bertz CT molecular complexity index is 443. The van der Waals surface area contributed by atoms with Gasteiger partial charge in [-0.25, -0.2) is 4.79 Å². The van der Waals surface area contributed by atoms with E-state index < -0.39 is 23.5 Å². The number of amides is 1. The van der Waals surface area contributed by atoms with E-state index in [9.17, 15) is 14.7 Å². The number of hydrogen-bond donors (Lipinski definition) is 3. The second-order valence-electron chi connectivity index (χ2n) is 4.82. The Morgan fingerprint density at radius 3 is 2.42 bits per heavy atom. The summed E-state index contributed by atoms with van der Waals surface area (Å²) >= 11 is 0. The highest BCUT2D eigenvalue weighted by atomic mass is 16.4. The van der Waals surface area contributed by atoms with Gasteiger partial charge in [0.25, 0.3) is 0 Å². The van der Waals surface area contributed by atoms with Gasteiger partial charge in [0, 0.05) is 0 Å². The highest BCUT2D eigenvalue weighted by Crippen LogP contribution is 2.16. The smallest absolute Gasteiger partial charge is 0.330 e. The standard InChI is InChI=1S/C14H20N2O3/c1-3-9-14(2,15)13(19)16-11(12(17)18)10-7-5-4-6-8-10/h4-8,11H,3,9,15H2,1-2H3,(H,16,19)(H,17,18)/t11-,14?/m1/s1. The molecule has 1 aromatic carbocycles. The van der Waals surface area contributed by atoms with Gasteiger partial charge in [-0.15, -0.1) is 0 Å². The van der Waals surface area contributed by atoms with Gasteiger partial charge in [-0.3, -0.25) is 4.79 Å². The van der Waals surface area contributed by atoms with Crippen LogP contribution in [-0.4, -0.2) is 22.5 Å². The normalized spacial score (nSPS) is 15.3. The highest BCUT2D eigenvalue weighted by molar-refractivity contribution is 5.90. The molecule has 5 nitrogen and oxygen atoms in total. The van der Waals surface area contributed by atoms with E-state index in [1.54, 1.807) is 37.3 Å². The summed E-state index contributed by atoms with van der Waals surface area (Å²) < 4.78 is 0. The third-order valence-electron chi connectivity index (χ3n) is 2.94. The van der Waals surface area contributed by atoms with Crippen LogP contribution < -0.4 is 11.1 Å². The molecule has 104 valence electrons. The number of carbonyl (C=O) groups is 2. The molecule has 4 N–H and O–H groups in total. The molecule has 0 saturated heterocycles. The third-order valence-corrected chi connectivity index (χ3v) is 2.94. The van der Waals surface area contributed by atoms with Gasteiger partial charge in [0.1, 0.15) is 0 Å². The lowest BCUT2D eigenvalue weighted by atomic mass is 9.95. The number of carbonyl (C=O) groups excluding carboxylic acids is 1. The van der Waals surface area contributed by atoms with Gasteiger partial charge in [0.15, 0.2) is 6.04 Å². The minimum Gasteiger partial charge on any atom is -0.479 e. The highest BCUT2D eigenvalue weighted by Gasteiger charge is 2.31. The van der Waals surface area contributed by atoms with Gasteiger partial charge in [0.05, 0.1) is 5.54 Å². The summed E-state index contributed by atoms with van der Waals surface area (Å²) in [6.07, 6.45) is 1.25. The summed E-state index contributed by atoms with van der Waals surface area (Å²) in [5.41, 5.74) is 5.36. The SMILES string of the molecule is CCCC(C)(N)C(=O)N[C@@H](C(=O)O)c1ccccc1. The first-order valence-electron chi connectivity index (χ1n) is 6.26. The van der Waals surface area contributed by atoms with Crippen molar-refractivity contribution in [2.45, 2.75) is 38.3 Å². The summed E-state index contributed by atoms with van der Waals surface area (Å²) in [5, 5.41) is 11.7. The molecule has 1 unspecified atom stereocenters. The fourth-order valence-corrected chi connectivity index (χ4v) is 1.86. The lowest BCUT2D eigenvalue weighted by molar-refractivity contribution is -0.142. The molecule has 19 heavy (non-hydrogen) atoms. The first kappa shape index (κ1) is 15.2. The summed E-state index contributed by atoms with van der Waals surface area (Å²) in [7, 11) is 0. The van der Waals surface area contributed by atoms with Crippen molar-refractivity contribution in [3.05, 3.63) is 35.9 Å². The van der Waals surface area contributed by atoms with Gasteiger partial charge < -0.3 is 16.2 Å². The van der Waals surface area contributed by atoms with Crippen LogP contribution >= 0.6 is 0 Å². The monoisotopic (exact) mass is 264 g/mol. The molecule has 1 amide bonds. The fourth-order valence-electron chi connectivity index (χ4n) is 1.86. The van der Waals surface area contributed by atoms with Crippen LogP contribution in [0.2, 0.25) is 0 Å². The van der Waals surface area contributed by atoms with Crippen LogP contribution in [-0.2, 0) is 9.59 Å². The molecule has 0 aliphatic rings. The second-order valence-corrected chi connectivity index (χ2v) is 4.82. The Labute approximate surface area is 112 Å². The third kappa shape index (κ3) is 4.06. The average Bonchev–Trinajstić information content (AvgIpc) is 2.36. The number of hydrogen-bond acceptors (Lipinski definition) is 3. The van der Waals surface area contributed by atoms with Crippen molar-refractivity contribution in [3.8, 4) is 0 Å². The largest absolute Gasteiger partial charge is 0.479 e. The number of nitrogens with one attached hydrogen (secondary N) is 1. The molecule has 2 atom stereocenters. The number of carboxylic acid groups (broad SMARTS) is 1. The number of nitrogens with two attached hydrogens (primary N) is 1. The van der Waals surface area contributed by atoms with E-state index >= 15 is 0 Å². The predicted molar refractivity (Wildman–Crippen MR) is 72.5 cm³/mol. The van der Waals surface area contributed by atoms with Crippen molar-refractivity contribution in [3.63, 3.8) is 0 Å². The van der Waals surface area contributed by atoms with Crippen LogP contribution in [0.3, 0.4) is 0 Å². The van der Waals surface area contributed by atoms with E-state index in [-0.39, 0.29) is 0 Å². The van der Waals surface area contributed by atoms with Crippen molar-refractivity contribution in [2.24, 2.45) is 5.73 Å². The quantitative estimate of drug-likeness (QED) is 0.725. The van der Waals surface area contributed by atoms with E-state index in [0.29, 0.717) is 12.0 Å². The fraction of sp³-hybridized carbons (Fsp3) is 0.429. The molecule has 0 saturated carbocycles. The first-order chi connectivity index (χ1) is 8.88. The van der Waals surface area contributed by atoms with Gasteiger partial charge >= 0.3 is 5.97 Å². The van der Waals surface area contributed by atoms with Gasteiger partial charge in [-0.2, -0.15) is 0 Å². The van der Waals surface area contributed by atoms with Gasteiger partial charge in [0.2, 0.25) is 5.91 Å². The number of benzene rings is 1. The van der Waals surface area contributed by atoms with E-state index in [0.717, 1.165) is 6.42 Å². The van der Waals surface area contributed by atoms with Crippen LogP contribution in [0.1, 0.15) is 38.3 Å². The Morgan fingerprint density at radius 2 is 1.95 bits per heavy atom. The average molecular weight is 264 g/mol. The van der Waals surface area contributed by atoms with Crippen LogP contribution in [0.4, 0.5) is 0 Å². The molecule has 0 aliphatic heterocycles. The molecular formula is C14H20N2O3. The molecule has 0 radical (unpaired) electrons. The molecular weight excluding hydrogens is 244 g/mol. The molecule has 0 aromatic heterocycles. The van der Waals surface area contributed by atoms with Crippen molar-refractivity contribution in [2.75, 3.05) is 0 Å². The number of rotatable bonds is 6. The summed E-state index contributed by atoms with van der Waals surface area (Å²) in [5.74, 6) is -1.56. The Balaban J connectivity index is 2.87. The van der Waals surface area contributed by atoms with Crippen molar-refractivity contribution in [1.82, 2.24) is 5.32 Å². The number of aliphatic carboxylic acids is 1. The van der Waals surface area contributed by atoms with E-state index in [4.69, 9.17) is 5.73 Å². The van der Waals surface area contributed by atoms with Crippen LogP contribution in [0.15, 0.2) is 30.3 Å². The van der Waals surface area contributed by atoms with Gasteiger partial charge in [-0.1, -0.05) is 43.7 Å². The summed E-state index contributed by atoms with van der Waals surface area (Å²) in [4.78, 5) is 23.3. The molecule has 1 rings (SSSR count). The Kier molecular flexibility index (Phi) is 5.06. The minimum atomic E-state index is -1.10. The van der Waals surface area contributed by atoms with Crippen LogP contribution in [0, 0.1) is 0 Å². The van der Waals surface area contributed by atoms with Crippen molar-refractivity contribution in [1.29, 1.82) is 0 Å². The maximum Gasteiger partial charge on any atom is 0.330 e. The van der Waals surface area contributed by atoms with Crippen LogP contribution in [0.25, 0.3) is 0 Å². The predicted octanol–water partition coefficient (Wildman–Crippen LogP) is 1.45. The second kappa shape index (κ2) is 6.33. The number of carboxylic acids is 1. The Hall–Kier alpha value is -1.88. The van der Waals surface area contributed by atoms with Crippen molar-refractivity contribution >= 4 is 11.9 Å². The maximum atomic E-state index is 12.0. The minimum absolute atomic E-state index is 0.453. The van der Waals surface area contributed by atoms with Gasteiger partial charge in [-0.05, 0) is 18.9 Å². The molecule has 0 heterocycles. The molecule has 0 spiro atoms. The van der Waals surface area contributed by atoms with Crippen LogP contribution in [0.5, 0.6) is 0 Å². The summed E-state index contributed by atoms with van der Waals surface area (Å²) in [6.45, 7) is 3.53. The molecule has 0 aliphatic carbocycles. The lowest BCUT2D eigenvalue weighted by Crippen LogP contribution is -2.53. The zero-order valence-corrected chi connectivity index (χ0v) is 11.2. The topological polar surface area (TPSA) is 92.4 Å². The first-order valence-corrected chi connectivity index (χ1v) is 6.26. The lowest BCUT2D eigenvalue weighted by Gasteiger charge is -2.25. The Morgan fingerprint density at radius 1 is 1.37 bits per heavy atom. The molecule has 5 heteroatoms. The van der Waals surface area contributed by atoms with E-state index in [2.05, 4.69) is 5.32 Å². The van der Waals surface area contributed by atoms with E-state index in [1.807, 2.05) is 6.92 Å².